The second kappa shape index (κ2) is 7.06. The van der Waals surface area contributed by atoms with Gasteiger partial charge in [0.25, 0.3) is 5.91 Å². The molecule has 0 bridgehead atoms. The van der Waals surface area contributed by atoms with E-state index in [-0.39, 0.29) is 18.4 Å². The first kappa shape index (κ1) is 16.7. The Labute approximate surface area is 130 Å². The Morgan fingerprint density at radius 3 is 2.55 bits per heavy atom. The number of carbonyl (C=O) groups is 3. The Hall–Kier alpha value is -1.67. The van der Waals surface area contributed by atoms with Crippen LogP contribution in [0.15, 0.2) is 0 Å². The minimum Gasteiger partial charge on any atom is -0.355 e. The van der Waals surface area contributed by atoms with E-state index in [1.54, 1.807) is 13.8 Å². The first-order valence-electron chi connectivity index (χ1n) is 7.74. The highest BCUT2D eigenvalue weighted by molar-refractivity contribution is 6.07. The van der Waals surface area contributed by atoms with Crippen LogP contribution in [-0.2, 0) is 9.59 Å². The van der Waals surface area contributed by atoms with Crippen molar-refractivity contribution in [2.75, 3.05) is 45.8 Å². The molecule has 2 rings (SSSR count). The van der Waals surface area contributed by atoms with Crippen molar-refractivity contribution in [2.24, 2.45) is 0 Å². The summed E-state index contributed by atoms with van der Waals surface area (Å²) in [5.74, 6) is -0.609. The highest BCUT2D eigenvalue weighted by Crippen LogP contribution is 2.19. The second-order valence-electron chi connectivity index (χ2n) is 6.20. The number of rotatable bonds is 6. The molecule has 0 spiro atoms. The average molecular weight is 311 g/mol. The van der Waals surface area contributed by atoms with Crippen molar-refractivity contribution in [3.63, 3.8) is 0 Å². The highest BCUT2D eigenvalue weighted by atomic mass is 16.2. The number of hydrogen-bond acceptors (Lipinski definition) is 5. The molecule has 124 valence electrons. The predicted octanol–water partition coefficient (Wildman–Crippen LogP) is -1.27. The Balaban J connectivity index is 1.67. The molecule has 0 aromatic rings. The number of piperazine rings is 1. The molecule has 8 nitrogen and oxygen atoms in total. The zero-order chi connectivity index (χ0) is 16.2. The Kier molecular flexibility index (Phi) is 5.36. The monoisotopic (exact) mass is 311 g/mol. The molecule has 0 atom stereocenters. The van der Waals surface area contributed by atoms with Gasteiger partial charge in [-0.25, -0.2) is 4.79 Å². The van der Waals surface area contributed by atoms with Crippen molar-refractivity contribution in [2.45, 2.75) is 25.8 Å². The van der Waals surface area contributed by atoms with Gasteiger partial charge in [0.1, 0.15) is 12.1 Å². The van der Waals surface area contributed by atoms with Gasteiger partial charge in [0, 0.05) is 32.7 Å². The molecule has 0 saturated carbocycles. The third-order valence-corrected chi connectivity index (χ3v) is 4.18. The molecule has 0 aromatic carbocycles. The maximum atomic E-state index is 11.9. The van der Waals surface area contributed by atoms with Gasteiger partial charge in [-0.15, -0.1) is 0 Å². The molecule has 0 aliphatic carbocycles. The summed E-state index contributed by atoms with van der Waals surface area (Å²) < 4.78 is 0. The molecule has 3 N–H and O–H groups in total. The molecule has 2 aliphatic rings. The SMILES string of the molecule is CC1(C)C(=O)NC(=O)N1CC(=O)NCCCN1CCNCC1. The van der Waals surface area contributed by atoms with Gasteiger partial charge in [0.05, 0.1) is 0 Å². The van der Waals surface area contributed by atoms with Crippen LogP contribution in [0.5, 0.6) is 0 Å². The zero-order valence-corrected chi connectivity index (χ0v) is 13.3. The lowest BCUT2D eigenvalue weighted by molar-refractivity contribution is -0.127. The molecule has 4 amide bonds. The van der Waals surface area contributed by atoms with Gasteiger partial charge in [-0.2, -0.15) is 0 Å². The van der Waals surface area contributed by atoms with E-state index in [1.807, 2.05) is 0 Å². The summed E-state index contributed by atoms with van der Waals surface area (Å²) in [6.45, 7) is 8.80. The first-order valence-corrected chi connectivity index (χ1v) is 7.74. The normalized spacial score (nSPS) is 21.8. The largest absolute Gasteiger partial charge is 0.355 e. The van der Waals surface area contributed by atoms with Gasteiger partial charge in [-0.1, -0.05) is 0 Å². The number of nitrogens with zero attached hydrogens (tertiary/aromatic N) is 2. The molecule has 2 fully saturated rings. The molecule has 0 aromatic heterocycles. The molecular formula is C14H25N5O3. The van der Waals surface area contributed by atoms with E-state index in [1.165, 1.54) is 4.90 Å². The summed E-state index contributed by atoms with van der Waals surface area (Å²) in [6, 6.07) is -0.508. The molecule has 0 radical (unpaired) electrons. The topological polar surface area (TPSA) is 93.8 Å². The summed E-state index contributed by atoms with van der Waals surface area (Å²) in [5, 5.41) is 8.33. The number of imide groups is 1. The third-order valence-electron chi connectivity index (χ3n) is 4.18. The molecule has 2 heterocycles. The van der Waals surface area contributed by atoms with Crippen molar-refractivity contribution in [1.82, 2.24) is 25.8 Å². The minimum absolute atomic E-state index is 0.0990. The van der Waals surface area contributed by atoms with Crippen LogP contribution in [0.25, 0.3) is 0 Å². The number of nitrogens with one attached hydrogen (secondary N) is 3. The fourth-order valence-corrected chi connectivity index (χ4v) is 2.63. The van der Waals surface area contributed by atoms with Crippen molar-refractivity contribution in [3.05, 3.63) is 0 Å². The average Bonchev–Trinajstić information content (AvgIpc) is 2.67. The summed E-state index contributed by atoms with van der Waals surface area (Å²) in [6.07, 6.45) is 0.875. The van der Waals surface area contributed by atoms with Crippen molar-refractivity contribution >= 4 is 17.8 Å². The molecule has 2 aliphatic heterocycles. The fourth-order valence-electron chi connectivity index (χ4n) is 2.63. The van der Waals surface area contributed by atoms with E-state index in [2.05, 4.69) is 20.9 Å². The summed E-state index contributed by atoms with van der Waals surface area (Å²) in [4.78, 5) is 38.8. The van der Waals surface area contributed by atoms with Crippen LogP contribution >= 0.6 is 0 Å². The standard InChI is InChI=1S/C14H25N5O3/c1-14(2)12(21)17-13(22)19(14)10-11(20)16-4-3-7-18-8-5-15-6-9-18/h15H,3-10H2,1-2H3,(H,16,20)(H,17,21,22). The first-order chi connectivity index (χ1) is 10.4. The lowest BCUT2D eigenvalue weighted by atomic mass is 10.0. The van der Waals surface area contributed by atoms with Crippen LogP contribution in [0, 0.1) is 0 Å². The number of urea groups is 1. The molecule has 2 saturated heterocycles. The van der Waals surface area contributed by atoms with Crippen LogP contribution in [0.1, 0.15) is 20.3 Å². The second-order valence-corrected chi connectivity index (χ2v) is 6.20. The van der Waals surface area contributed by atoms with Crippen molar-refractivity contribution < 1.29 is 14.4 Å². The van der Waals surface area contributed by atoms with Crippen LogP contribution in [0.4, 0.5) is 4.79 Å². The van der Waals surface area contributed by atoms with Gasteiger partial charge >= 0.3 is 6.03 Å². The van der Waals surface area contributed by atoms with E-state index < -0.39 is 11.6 Å². The van der Waals surface area contributed by atoms with Crippen LogP contribution in [-0.4, -0.2) is 79.0 Å². The molecule has 22 heavy (non-hydrogen) atoms. The number of hydrogen-bond donors (Lipinski definition) is 3. The fraction of sp³-hybridized carbons (Fsp3) is 0.786. The van der Waals surface area contributed by atoms with Crippen LogP contribution in [0.2, 0.25) is 0 Å². The van der Waals surface area contributed by atoms with E-state index in [4.69, 9.17) is 0 Å². The van der Waals surface area contributed by atoms with Gasteiger partial charge in [0.2, 0.25) is 5.91 Å². The minimum atomic E-state index is -0.977. The van der Waals surface area contributed by atoms with Gasteiger partial charge in [0.15, 0.2) is 0 Å². The Bertz CT molecular complexity index is 446. The van der Waals surface area contributed by atoms with E-state index >= 15 is 0 Å². The Morgan fingerprint density at radius 1 is 1.27 bits per heavy atom. The van der Waals surface area contributed by atoms with E-state index in [0.717, 1.165) is 39.1 Å². The quantitative estimate of drug-likeness (QED) is 0.420. The van der Waals surface area contributed by atoms with Crippen LogP contribution in [0.3, 0.4) is 0 Å². The van der Waals surface area contributed by atoms with Gasteiger partial charge < -0.3 is 20.4 Å². The summed E-state index contributed by atoms with van der Waals surface area (Å²) in [7, 11) is 0. The van der Waals surface area contributed by atoms with E-state index in [0.29, 0.717) is 6.54 Å². The number of amides is 4. The molecule has 0 unspecified atom stereocenters. The maximum Gasteiger partial charge on any atom is 0.325 e. The van der Waals surface area contributed by atoms with Gasteiger partial charge in [-0.05, 0) is 26.8 Å². The lowest BCUT2D eigenvalue weighted by Gasteiger charge is -2.28. The highest BCUT2D eigenvalue weighted by Gasteiger charge is 2.46. The summed E-state index contributed by atoms with van der Waals surface area (Å²) >= 11 is 0. The van der Waals surface area contributed by atoms with E-state index in [9.17, 15) is 14.4 Å². The third kappa shape index (κ3) is 3.95. The van der Waals surface area contributed by atoms with Crippen molar-refractivity contribution in [1.29, 1.82) is 0 Å². The lowest BCUT2D eigenvalue weighted by Crippen LogP contribution is -2.49. The zero-order valence-electron chi connectivity index (χ0n) is 13.3. The van der Waals surface area contributed by atoms with Gasteiger partial charge in [-0.3, -0.25) is 14.9 Å². The maximum absolute atomic E-state index is 11.9. The smallest absolute Gasteiger partial charge is 0.325 e. The Morgan fingerprint density at radius 2 is 1.95 bits per heavy atom. The summed E-state index contributed by atoms with van der Waals surface area (Å²) in [5.41, 5.74) is -0.977. The predicted molar refractivity (Wildman–Crippen MR) is 81.3 cm³/mol. The van der Waals surface area contributed by atoms with Crippen molar-refractivity contribution in [3.8, 4) is 0 Å². The van der Waals surface area contributed by atoms with Crippen LogP contribution < -0.4 is 16.0 Å². The molecular weight excluding hydrogens is 286 g/mol. The number of carbonyl (C=O) groups excluding carboxylic acids is 3. The molecule has 8 heteroatoms.